The van der Waals surface area contributed by atoms with Crippen LogP contribution in [-0.4, -0.2) is 74.0 Å². The van der Waals surface area contributed by atoms with Gasteiger partial charge in [-0.25, -0.2) is 0 Å². The quantitative estimate of drug-likeness (QED) is 0.348. The second-order valence-corrected chi connectivity index (χ2v) is 7.39. The molecule has 2 N–H and O–H groups in total. The summed E-state index contributed by atoms with van der Waals surface area (Å²) in [4.78, 5) is 21.8. The third-order valence-electron chi connectivity index (χ3n) is 4.43. The van der Waals surface area contributed by atoms with Gasteiger partial charge in [0.15, 0.2) is 5.96 Å². The topological polar surface area (TPSA) is 60.0 Å². The van der Waals surface area contributed by atoms with Crippen LogP contribution < -0.4 is 10.6 Å². The van der Waals surface area contributed by atoms with E-state index in [0.717, 1.165) is 58.3 Å². The highest BCUT2D eigenvalue weighted by atomic mass is 127. The summed E-state index contributed by atoms with van der Waals surface area (Å²) < 4.78 is 0. The molecule has 1 aliphatic heterocycles. The van der Waals surface area contributed by atoms with Crippen molar-refractivity contribution in [1.82, 2.24) is 20.4 Å². The summed E-state index contributed by atoms with van der Waals surface area (Å²) in [6.45, 7) is 13.0. The minimum atomic E-state index is 0. The van der Waals surface area contributed by atoms with E-state index in [1.807, 2.05) is 4.90 Å². The van der Waals surface area contributed by atoms with Crippen molar-refractivity contribution in [1.29, 1.82) is 0 Å². The zero-order chi connectivity index (χ0) is 18.1. The number of carbonyl (C=O) groups is 1. The molecule has 0 saturated carbocycles. The lowest BCUT2D eigenvalue weighted by Gasteiger charge is -2.34. The minimum absolute atomic E-state index is 0. The highest BCUT2D eigenvalue weighted by Crippen LogP contribution is 2.20. The number of amides is 1. The Morgan fingerprint density at radius 1 is 1.31 bits per heavy atom. The van der Waals surface area contributed by atoms with Gasteiger partial charge in [0.1, 0.15) is 0 Å². The number of guanidine groups is 1. The Labute approximate surface area is 178 Å². The number of rotatable bonds is 7. The molecule has 1 atom stereocenters. The number of nitrogens with zero attached hydrogens (tertiary/aromatic N) is 3. The molecule has 0 aliphatic carbocycles. The van der Waals surface area contributed by atoms with E-state index in [9.17, 15) is 4.79 Å². The number of hydrogen-bond donors (Lipinski definition) is 2. The first-order chi connectivity index (χ1) is 12.1. The molecule has 1 aromatic rings. The van der Waals surface area contributed by atoms with Crippen molar-refractivity contribution >= 4 is 47.2 Å². The van der Waals surface area contributed by atoms with Gasteiger partial charge in [-0.3, -0.25) is 14.7 Å². The summed E-state index contributed by atoms with van der Waals surface area (Å²) >= 11 is 1.79. The van der Waals surface area contributed by atoms with E-state index in [1.54, 1.807) is 18.3 Å². The van der Waals surface area contributed by atoms with E-state index in [0.29, 0.717) is 5.92 Å². The second kappa shape index (κ2) is 12.5. The zero-order valence-corrected chi connectivity index (χ0v) is 19.2. The van der Waals surface area contributed by atoms with Crippen LogP contribution in [0.15, 0.2) is 22.5 Å². The molecule has 0 bridgehead atoms. The molecule has 2 heterocycles. The third kappa shape index (κ3) is 7.79. The Balaban J connectivity index is 0.00000338. The van der Waals surface area contributed by atoms with Gasteiger partial charge in [0, 0.05) is 63.5 Å². The smallest absolute Gasteiger partial charge is 0.219 e. The van der Waals surface area contributed by atoms with Gasteiger partial charge in [-0.15, -0.1) is 35.3 Å². The molecule has 2 rings (SSSR count). The molecule has 26 heavy (non-hydrogen) atoms. The fraction of sp³-hybridized carbons (Fsp3) is 0.667. The Hall–Kier alpha value is -0.870. The normalized spacial score (nSPS) is 16.7. The SMILES string of the molecule is CCNC(=NCC(C)c1cccs1)NCCN1CCN(C(C)=O)CC1.I. The van der Waals surface area contributed by atoms with E-state index in [2.05, 4.69) is 46.9 Å². The summed E-state index contributed by atoms with van der Waals surface area (Å²) in [6, 6.07) is 4.27. The highest BCUT2D eigenvalue weighted by molar-refractivity contribution is 14.0. The van der Waals surface area contributed by atoms with Crippen molar-refractivity contribution in [2.75, 3.05) is 52.4 Å². The fourth-order valence-electron chi connectivity index (χ4n) is 2.85. The van der Waals surface area contributed by atoms with E-state index in [4.69, 9.17) is 4.99 Å². The molecular weight excluding hydrogens is 461 g/mol. The summed E-state index contributed by atoms with van der Waals surface area (Å²) in [5, 5.41) is 8.85. The molecule has 1 unspecified atom stereocenters. The molecule has 1 fully saturated rings. The number of hydrogen-bond acceptors (Lipinski definition) is 4. The number of nitrogens with one attached hydrogen (secondary N) is 2. The van der Waals surface area contributed by atoms with Crippen LogP contribution in [0.4, 0.5) is 0 Å². The van der Waals surface area contributed by atoms with Gasteiger partial charge in [-0.05, 0) is 18.4 Å². The van der Waals surface area contributed by atoms with Crippen LogP contribution in [0, 0.1) is 0 Å². The predicted molar refractivity (Wildman–Crippen MR) is 121 cm³/mol. The molecule has 8 heteroatoms. The van der Waals surface area contributed by atoms with Crippen molar-refractivity contribution in [2.24, 2.45) is 4.99 Å². The maximum absolute atomic E-state index is 11.4. The van der Waals surface area contributed by atoms with Gasteiger partial charge in [-0.2, -0.15) is 0 Å². The fourth-order valence-corrected chi connectivity index (χ4v) is 3.63. The van der Waals surface area contributed by atoms with Crippen molar-refractivity contribution in [3.63, 3.8) is 0 Å². The van der Waals surface area contributed by atoms with Crippen LogP contribution in [0.5, 0.6) is 0 Å². The number of thiophene rings is 1. The van der Waals surface area contributed by atoms with Crippen LogP contribution in [0.25, 0.3) is 0 Å². The second-order valence-electron chi connectivity index (χ2n) is 6.41. The molecule has 0 aromatic carbocycles. The Morgan fingerprint density at radius 3 is 2.62 bits per heavy atom. The number of piperazine rings is 1. The summed E-state index contributed by atoms with van der Waals surface area (Å²) in [6.07, 6.45) is 0. The summed E-state index contributed by atoms with van der Waals surface area (Å²) in [5.74, 6) is 1.50. The van der Waals surface area contributed by atoms with Crippen LogP contribution in [-0.2, 0) is 4.79 Å². The maximum atomic E-state index is 11.4. The Kier molecular flexibility index (Phi) is 11.1. The van der Waals surface area contributed by atoms with Crippen LogP contribution in [0.2, 0.25) is 0 Å². The summed E-state index contributed by atoms with van der Waals surface area (Å²) in [7, 11) is 0. The zero-order valence-electron chi connectivity index (χ0n) is 16.0. The first-order valence-corrected chi connectivity index (χ1v) is 10.0. The third-order valence-corrected chi connectivity index (χ3v) is 5.54. The average Bonchev–Trinajstić information content (AvgIpc) is 3.14. The average molecular weight is 493 g/mol. The van der Waals surface area contributed by atoms with Crippen molar-refractivity contribution in [3.05, 3.63) is 22.4 Å². The first-order valence-electron chi connectivity index (χ1n) is 9.13. The standard InChI is InChI=1S/C18H31N5OS.HI/c1-4-19-18(21-14-15(2)17-6-5-13-25-17)20-7-8-22-9-11-23(12-10-22)16(3)24;/h5-6,13,15H,4,7-12,14H2,1-3H3,(H2,19,20,21);1H. The highest BCUT2D eigenvalue weighted by Gasteiger charge is 2.17. The van der Waals surface area contributed by atoms with Crippen molar-refractivity contribution in [3.8, 4) is 0 Å². The van der Waals surface area contributed by atoms with E-state index < -0.39 is 0 Å². The lowest BCUT2D eigenvalue weighted by atomic mass is 10.1. The number of carbonyl (C=O) groups excluding carboxylic acids is 1. The van der Waals surface area contributed by atoms with Gasteiger partial charge >= 0.3 is 0 Å². The Bertz CT molecular complexity index is 544. The van der Waals surface area contributed by atoms with Crippen molar-refractivity contribution in [2.45, 2.75) is 26.7 Å². The monoisotopic (exact) mass is 493 g/mol. The minimum Gasteiger partial charge on any atom is -0.357 e. The van der Waals surface area contributed by atoms with Gasteiger partial charge < -0.3 is 15.5 Å². The van der Waals surface area contributed by atoms with E-state index >= 15 is 0 Å². The molecule has 0 radical (unpaired) electrons. The first kappa shape index (κ1) is 23.2. The van der Waals surface area contributed by atoms with Gasteiger partial charge in [0.25, 0.3) is 0 Å². The molecule has 6 nitrogen and oxygen atoms in total. The maximum Gasteiger partial charge on any atom is 0.219 e. The molecule has 148 valence electrons. The van der Waals surface area contributed by atoms with Crippen LogP contribution in [0.3, 0.4) is 0 Å². The largest absolute Gasteiger partial charge is 0.357 e. The van der Waals surface area contributed by atoms with Crippen molar-refractivity contribution < 1.29 is 4.79 Å². The van der Waals surface area contributed by atoms with Crippen LogP contribution in [0.1, 0.15) is 31.6 Å². The predicted octanol–water partition coefficient (Wildman–Crippen LogP) is 2.19. The molecule has 1 amide bonds. The van der Waals surface area contributed by atoms with E-state index in [-0.39, 0.29) is 29.9 Å². The van der Waals surface area contributed by atoms with E-state index in [1.165, 1.54) is 4.88 Å². The summed E-state index contributed by atoms with van der Waals surface area (Å²) in [5.41, 5.74) is 0. The molecule has 1 aromatic heterocycles. The molecule has 1 aliphatic rings. The Morgan fingerprint density at radius 2 is 2.04 bits per heavy atom. The van der Waals surface area contributed by atoms with Gasteiger partial charge in [-0.1, -0.05) is 13.0 Å². The lowest BCUT2D eigenvalue weighted by Crippen LogP contribution is -2.50. The van der Waals surface area contributed by atoms with Crippen LogP contribution >= 0.6 is 35.3 Å². The van der Waals surface area contributed by atoms with Gasteiger partial charge in [0.05, 0.1) is 6.54 Å². The molecular formula is C18H32IN5OS. The molecule has 0 spiro atoms. The molecule has 1 saturated heterocycles. The van der Waals surface area contributed by atoms with Gasteiger partial charge in [0.2, 0.25) is 5.91 Å². The number of halogens is 1. The number of aliphatic imine (C=N–C) groups is 1. The lowest BCUT2D eigenvalue weighted by molar-refractivity contribution is -0.130.